The van der Waals surface area contributed by atoms with Gasteiger partial charge in [0, 0.05) is 12.6 Å². The van der Waals surface area contributed by atoms with Gasteiger partial charge in [-0.3, -0.25) is 5.41 Å². The standard InChI is InChI=1S/C12H17N5O/c1-4-18-15-11(10-8-6-5-7-9-10)12(13)17(3)16-14-2/h5-9,13H,4H2,1-3H3/b13-12?,15-11+,16-14-. The molecule has 0 unspecified atom stereocenters. The van der Waals surface area contributed by atoms with Crippen LogP contribution in [0.25, 0.3) is 0 Å². The molecule has 6 heteroatoms. The Morgan fingerprint density at radius 2 is 2.00 bits per heavy atom. The molecule has 0 aromatic heterocycles. The molecule has 1 rings (SSSR count). The van der Waals surface area contributed by atoms with E-state index in [-0.39, 0.29) is 5.84 Å². The van der Waals surface area contributed by atoms with Crippen LogP contribution in [0.1, 0.15) is 12.5 Å². The van der Waals surface area contributed by atoms with Crippen molar-refractivity contribution >= 4 is 11.5 Å². The smallest absolute Gasteiger partial charge is 0.172 e. The minimum absolute atomic E-state index is 0.125. The molecule has 6 nitrogen and oxygen atoms in total. The highest BCUT2D eigenvalue weighted by Gasteiger charge is 2.15. The van der Waals surface area contributed by atoms with Gasteiger partial charge < -0.3 is 4.84 Å². The Morgan fingerprint density at radius 1 is 1.33 bits per heavy atom. The quantitative estimate of drug-likeness (QED) is 0.375. The summed E-state index contributed by atoms with van der Waals surface area (Å²) in [6, 6.07) is 9.39. The van der Waals surface area contributed by atoms with E-state index in [0.29, 0.717) is 12.3 Å². The van der Waals surface area contributed by atoms with Gasteiger partial charge in [0.1, 0.15) is 6.61 Å². The van der Waals surface area contributed by atoms with Crippen LogP contribution in [0.4, 0.5) is 0 Å². The lowest BCUT2D eigenvalue weighted by Gasteiger charge is -2.14. The average molecular weight is 247 g/mol. The maximum atomic E-state index is 8.03. The number of nitrogens with one attached hydrogen (secondary N) is 1. The molecule has 0 atom stereocenters. The van der Waals surface area contributed by atoms with Gasteiger partial charge in [0.25, 0.3) is 0 Å². The summed E-state index contributed by atoms with van der Waals surface area (Å²) in [6.07, 6.45) is 0. The zero-order valence-electron chi connectivity index (χ0n) is 10.8. The van der Waals surface area contributed by atoms with Gasteiger partial charge in [-0.2, -0.15) is 5.11 Å². The fourth-order valence-corrected chi connectivity index (χ4v) is 1.29. The fourth-order valence-electron chi connectivity index (χ4n) is 1.29. The van der Waals surface area contributed by atoms with E-state index in [9.17, 15) is 0 Å². The van der Waals surface area contributed by atoms with E-state index >= 15 is 0 Å². The Hall–Kier alpha value is -2.24. The molecule has 0 saturated carbocycles. The Kier molecular flexibility index (Phi) is 5.50. The summed E-state index contributed by atoms with van der Waals surface area (Å²) < 4.78 is 0. The van der Waals surface area contributed by atoms with E-state index in [1.807, 2.05) is 37.3 Å². The predicted octanol–water partition coefficient (Wildman–Crippen LogP) is 2.33. The molecule has 0 aliphatic heterocycles. The lowest BCUT2D eigenvalue weighted by Crippen LogP contribution is -2.29. The van der Waals surface area contributed by atoms with Crippen LogP contribution < -0.4 is 0 Å². The number of oxime groups is 1. The highest BCUT2D eigenvalue weighted by Crippen LogP contribution is 2.05. The molecule has 1 N–H and O–H groups in total. The first kappa shape index (κ1) is 13.8. The first-order valence-electron chi connectivity index (χ1n) is 5.58. The van der Waals surface area contributed by atoms with Crippen LogP contribution in [0.5, 0.6) is 0 Å². The monoisotopic (exact) mass is 247 g/mol. The topological polar surface area (TPSA) is 73.4 Å². The normalized spacial score (nSPS) is 11.6. The summed E-state index contributed by atoms with van der Waals surface area (Å²) in [5.41, 5.74) is 1.22. The van der Waals surface area contributed by atoms with Crippen LogP contribution >= 0.6 is 0 Å². The van der Waals surface area contributed by atoms with Crippen molar-refractivity contribution in [2.45, 2.75) is 6.92 Å². The molecule has 1 aromatic rings. The lowest BCUT2D eigenvalue weighted by atomic mass is 10.1. The molecular formula is C12H17N5O. The fraction of sp³-hybridized carbons (Fsp3) is 0.333. The van der Waals surface area contributed by atoms with E-state index in [1.54, 1.807) is 14.1 Å². The van der Waals surface area contributed by atoms with E-state index in [1.165, 1.54) is 5.01 Å². The Bertz CT molecular complexity index is 441. The minimum Gasteiger partial charge on any atom is -0.396 e. The summed E-state index contributed by atoms with van der Waals surface area (Å²) >= 11 is 0. The summed E-state index contributed by atoms with van der Waals surface area (Å²) in [5, 5.41) is 20.7. The molecule has 96 valence electrons. The molecule has 0 bridgehead atoms. The maximum Gasteiger partial charge on any atom is 0.172 e. The number of benzene rings is 1. The number of rotatable bonds is 5. The van der Waals surface area contributed by atoms with Crippen molar-refractivity contribution < 1.29 is 4.84 Å². The molecule has 0 fully saturated rings. The van der Waals surface area contributed by atoms with Gasteiger partial charge in [-0.05, 0) is 6.92 Å². The lowest BCUT2D eigenvalue weighted by molar-refractivity contribution is 0.159. The average Bonchev–Trinajstić information content (AvgIpc) is 2.40. The van der Waals surface area contributed by atoms with Crippen molar-refractivity contribution in [2.75, 3.05) is 20.7 Å². The van der Waals surface area contributed by atoms with Crippen molar-refractivity contribution in [3.05, 3.63) is 35.9 Å². The second kappa shape index (κ2) is 7.16. The minimum atomic E-state index is 0.125. The van der Waals surface area contributed by atoms with E-state index in [2.05, 4.69) is 15.5 Å². The molecule has 0 aliphatic carbocycles. The van der Waals surface area contributed by atoms with Gasteiger partial charge in [-0.25, -0.2) is 5.01 Å². The molecule has 18 heavy (non-hydrogen) atoms. The third kappa shape index (κ3) is 3.65. The van der Waals surface area contributed by atoms with Gasteiger partial charge in [0.05, 0.1) is 7.05 Å². The highest BCUT2D eigenvalue weighted by molar-refractivity contribution is 6.46. The van der Waals surface area contributed by atoms with Gasteiger partial charge in [0.2, 0.25) is 0 Å². The van der Waals surface area contributed by atoms with Crippen molar-refractivity contribution in [1.82, 2.24) is 5.01 Å². The number of hydrogen-bond donors (Lipinski definition) is 1. The number of hydrogen-bond acceptors (Lipinski definition) is 5. The third-order valence-corrected chi connectivity index (χ3v) is 2.10. The van der Waals surface area contributed by atoms with Crippen LogP contribution in [0, 0.1) is 5.41 Å². The molecule has 0 saturated heterocycles. The van der Waals surface area contributed by atoms with E-state index < -0.39 is 0 Å². The van der Waals surface area contributed by atoms with Crippen LogP contribution in [0.15, 0.2) is 45.8 Å². The van der Waals surface area contributed by atoms with E-state index in [4.69, 9.17) is 10.2 Å². The Labute approximate surface area is 106 Å². The summed E-state index contributed by atoms with van der Waals surface area (Å²) in [5.74, 6) is 0.125. The molecule has 0 spiro atoms. The molecule has 0 amide bonds. The first-order valence-corrected chi connectivity index (χ1v) is 5.58. The number of likely N-dealkylation sites (N-methyl/N-ethyl adjacent to an activating group) is 1. The summed E-state index contributed by atoms with van der Waals surface area (Å²) in [7, 11) is 3.19. The van der Waals surface area contributed by atoms with Crippen molar-refractivity contribution in [1.29, 1.82) is 5.41 Å². The zero-order valence-corrected chi connectivity index (χ0v) is 10.8. The maximum absolute atomic E-state index is 8.03. The summed E-state index contributed by atoms with van der Waals surface area (Å²) in [4.78, 5) is 5.05. The molecule has 0 radical (unpaired) electrons. The van der Waals surface area contributed by atoms with Gasteiger partial charge in [0.15, 0.2) is 11.5 Å². The van der Waals surface area contributed by atoms with Crippen molar-refractivity contribution in [3.63, 3.8) is 0 Å². The Balaban J connectivity index is 3.03. The Morgan fingerprint density at radius 3 is 2.56 bits per heavy atom. The largest absolute Gasteiger partial charge is 0.396 e. The summed E-state index contributed by atoms with van der Waals surface area (Å²) in [6.45, 7) is 2.29. The molecule has 0 heterocycles. The second-order valence-corrected chi connectivity index (χ2v) is 3.39. The van der Waals surface area contributed by atoms with Gasteiger partial charge >= 0.3 is 0 Å². The van der Waals surface area contributed by atoms with Crippen LogP contribution in [0.2, 0.25) is 0 Å². The van der Waals surface area contributed by atoms with Gasteiger partial charge in [-0.15, -0.1) is 0 Å². The van der Waals surface area contributed by atoms with Crippen LogP contribution in [-0.2, 0) is 4.84 Å². The number of nitrogens with zero attached hydrogens (tertiary/aromatic N) is 4. The molecule has 1 aromatic carbocycles. The van der Waals surface area contributed by atoms with Crippen LogP contribution in [-0.4, -0.2) is 37.3 Å². The van der Waals surface area contributed by atoms with Crippen LogP contribution in [0.3, 0.4) is 0 Å². The van der Waals surface area contributed by atoms with E-state index in [0.717, 1.165) is 5.56 Å². The third-order valence-electron chi connectivity index (χ3n) is 2.10. The molecular weight excluding hydrogens is 230 g/mol. The van der Waals surface area contributed by atoms with Crippen molar-refractivity contribution in [2.24, 2.45) is 15.5 Å². The highest BCUT2D eigenvalue weighted by atomic mass is 16.6. The number of amidine groups is 1. The second-order valence-electron chi connectivity index (χ2n) is 3.39. The zero-order chi connectivity index (χ0) is 13.4. The van der Waals surface area contributed by atoms with Crippen molar-refractivity contribution in [3.8, 4) is 0 Å². The first-order chi connectivity index (χ1) is 8.70. The SMILES string of the molecule is CCO/N=C(/C(=N)N(C)/N=N\C)c1ccccc1. The van der Waals surface area contributed by atoms with Gasteiger partial charge in [-0.1, -0.05) is 40.7 Å². The molecule has 0 aliphatic rings. The predicted molar refractivity (Wildman–Crippen MR) is 70.9 cm³/mol.